The molecule has 2 rings (SSSR count). The number of benzene rings is 2. The highest BCUT2D eigenvalue weighted by molar-refractivity contribution is 5.93. The third kappa shape index (κ3) is 6.13. The van der Waals surface area contributed by atoms with Crippen molar-refractivity contribution in [3.05, 3.63) is 59.7 Å². The number of hydrogen-bond donors (Lipinski definition) is 1. The van der Waals surface area contributed by atoms with Crippen molar-refractivity contribution in [2.75, 3.05) is 18.5 Å². The maximum absolute atomic E-state index is 12.2. The van der Waals surface area contributed by atoms with Gasteiger partial charge in [0.1, 0.15) is 5.75 Å². The number of esters is 1. The summed E-state index contributed by atoms with van der Waals surface area (Å²) in [4.78, 5) is 24.0. The van der Waals surface area contributed by atoms with Gasteiger partial charge in [-0.3, -0.25) is 4.79 Å². The van der Waals surface area contributed by atoms with Crippen LogP contribution in [-0.2, 0) is 14.9 Å². The van der Waals surface area contributed by atoms with E-state index in [2.05, 4.69) is 26.1 Å². The summed E-state index contributed by atoms with van der Waals surface area (Å²) in [5.74, 6) is 0.0750. The van der Waals surface area contributed by atoms with E-state index in [9.17, 15) is 9.59 Å². The Hall–Kier alpha value is -2.82. The lowest BCUT2D eigenvalue weighted by molar-refractivity contribution is -0.118. The first-order chi connectivity index (χ1) is 12.8. The molecule has 0 aliphatic heterocycles. The predicted molar refractivity (Wildman–Crippen MR) is 106 cm³/mol. The topological polar surface area (TPSA) is 64.6 Å². The monoisotopic (exact) mass is 369 g/mol. The Morgan fingerprint density at radius 3 is 2.30 bits per heavy atom. The number of nitrogens with one attached hydrogen (secondary N) is 1. The molecule has 0 bridgehead atoms. The van der Waals surface area contributed by atoms with Crippen LogP contribution in [0.5, 0.6) is 5.75 Å². The molecule has 0 aliphatic carbocycles. The van der Waals surface area contributed by atoms with Crippen molar-refractivity contribution < 1.29 is 19.1 Å². The summed E-state index contributed by atoms with van der Waals surface area (Å²) < 4.78 is 10.8. The van der Waals surface area contributed by atoms with Crippen LogP contribution in [0.1, 0.15) is 50.0 Å². The van der Waals surface area contributed by atoms with Gasteiger partial charge in [0.15, 0.2) is 6.61 Å². The molecule has 0 spiro atoms. The molecule has 5 heteroatoms. The lowest BCUT2D eigenvalue weighted by Crippen LogP contribution is -2.22. The SMILES string of the molecule is CCCOC(=O)c1ccc(NC(=O)COc2ccccc2C(C)(C)C)cc1. The van der Waals surface area contributed by atoms with Crippen LogP contribution in [0.2, 0.25) is 0 Å². The van der Waals surface area contributed by atoms with Gasteiger partial charge in [0.25, 0.3) is 5.91 Å². The fourth-order valence-corrected chi connectivity index (χ4v) is 2.52. The Bertz CT molecular complexity index is 776. The number of rotatable bonds is 7. The van der Waals surface area contributed by atoms with E-state index in [1.54, 1.807) is 24.3 Å². The summed E-state index contributed by atoms with van der Waals surface area (Å²) in [7, 11) is 0. The Balaban J connectivity index is 1.92. The molecule has 144 valence electrons. The van der Waals surface area contributed by atoms with E-state index in [0.29, 0.717) is 23.6 Å². The van der Waals surface area contributed by atoms with Crippen LogP contribution >= 0.6 is 0 Å². The average Bonchev–Trinajstić information content (AvgIpc) is 2.64. The molecule has 0 unspecified atom stereocenters. The van der Waals surface area contributed by atoms with Crippen LogP contribution < -0.4 is 10.1 Å². The van der Waals surface area contributed by atoms with Crippen LogP contribution in [-0.4, -0.2) is 25.1 Å². The molecule has 5 nitrogen and oxygen atoms in total. The molecule has 0 fully saturated rings. The minimum Gasteiger partial charge on any atom is -0.483 e. The van der Waals surface area contributed by atoms with Gasteiger partial charge in [-0.25, -0.2) is 4.79 Å². The normalized spacial score (nSPS) is 11.0. The first-order valence-corrected chi connectivity index (χ1v) is 9.10. The van der Waals surface area contributed by atoms with Gasteiger partial charge in [0.2, 0.25) is 0 Å². The van der Waals surface area contributed by atoms with Gasteiger partial charge >= 0.3 is 5.97 Å². The van der Waals surface area contributed by atoms with Crippen molar-refractivity contribution in [3.63, 3.8) is 0 Å². The minimum atomic E-state index is -0.364. The van der Waals surface area contributed by atoms with Crippen LogP contribution in [0.15, 0.2) is 48.5 Å². The second kappa shape index (κ2) is 9.21. The van der Waals surface area contributed by atoms with Gasteiger partial charge in [-0.15, -0.1) is 0 Å². The van der Waals surface area contributed by atoms with Crippen molar-refractivity contribution >= 4 is 17.6 Å². The summed E-state index contributed by atoms with van der Waals surface area (Å²) >= 11 is 0. The second-order valence-electron chi connectivity index (χ2n) is 7.30. The highest BCUT2D eigenvalue weighted by Crippen LogP contribution is 2.30. The van der Waals surface area contributed by atoms with Crippen molar-refractivity contribution in [2.24, 2.45) is 0 Å². The predicted octanol–water partition coefficient (Wildman–Crippen LogP) is 4.57. The van der Waals surface area contributed by atoms with E-state index >= 15 is 0 Å². The molecule has 1 amide bonds. The van der Waals surface area contributed by atoms with Crippen LogP contribution in [0, 0.1) is 0 Å². The summed E-state index contributed by atoms with van der Waals surface area (Å²) in [6, 6.07) is 14.3. The molecule has 1 N–H and O–H groups in total. The smallest absolute Gasteiger partial charge is 0.338 e. The average molecular weight is 369 g/mol. The summed E-state index contributed by atoms with van der Waals surface area (Å²) in [6.07, 6.45) is 0.776. The van der Waals surface area contributed by atoms with Gasteiger partial charge in [-0.2, -0.15) is 0 Å². The molecule has 0 atom stereocenters. The molecular weight excluding hydrogens is 342 g/mol. The van der Waals surface area contributed by atoms with Gasteiger partial charge in [-0.1, -0.05) is 45.9 Å². The van der Waals surface area contributed by atoms with E-state index in [1.165, 1.54) is 0 Å². The van der Waals surface area contributed by atoms with Gasteiger partial charge in [-0.05, 0) is 47.7 Å². The zero-order valence-electron chi connectivity index (χ0n) is 16.4. The van der Waals surface area contributed by atoms with Crippen molar-refractivity contribution in [3.8, 4) is 5.75 Å². The molecule has 2 aromatic carbocycles. The fraction of sp³-hybridized carbons (Fsp3) is 0.364. The van der Waals surface area contributed by atoms with E-state index in [4.69, 9.17) is 9.47 Å². The maximum Gasteiger partial charge on any atom is 0.338 e. The third-order valence-corrected chi connectivity index (χ3v) is 3.90. The Morgan fingerprint density at radius 1 is 1.00 bits per heavy atom. The molecule has 2 aromatic rings. The van der Waals surface area contributed by atoms with E-state index in [0.717, 1.165) is 12.0 Å². The Kier molecular flexibility index (Phi) is 6.99. The molecule has 0 saturated heterocycles. The number of ether oxygens (including phenoxy) is 2. The van der Waals surface area contributed by atoms with Crippen molar-refractivity contribution in [1.29, 1.82) is 0 Å². The number of anilines is 1. The van der Waals surface area contributed by atoms with E-state index in [1.807, 2.05) is 31.2 Å². The minimum absolute atomic E-state index is 0.0741. The molecular formula is C22H27NO4. The molecule has 0 radical (unpaired) electrons. The van der Waals surface area contributed by atoms with Crippen molar-refractivity contribution in [1.82, 2.24) is 0 Å². The van der Waals surface area contributed by atoms with Crippen LogP contribution in [0.4, 0.5) is 5.69 Å². The lowest BCUT2D eigenvalue weighted by Gasteiger charge is -2.22. The number of amides is 1. The molecule has 0 saturated carbocycles. The standard InChI is InChI=1S/C22H27NO4/c1-5-14-26-21(25)16-10-12-17(13-11-16)23-20(24)15-27-19-9-7-6-8-18(19)22(2,3)4/h6-13H,5,14-15H2,1-4H3,(H,23,24). The Labute approximate surface area is 160 Å². The molecule has 0 aromatic heterocycles. The summed E-state index contributed by atoms with van der Waals surface area (Å²) in [6.45, 7) is 8.54. The number of hydrogen-bond acceptors (Lipinski definition) is 4. The summed E-state index contributed by atoms with van der Waals surface area (Å²) in [5.41, 5.74) is 2.03. The zero-order chi connectivity index (χ0) is 19.9. The van der Waals surface area contributed by atoms with Gasteiger partial charge < -0.3 is 14.8 Å². The third-order valence-electron chi connectivity index (χ3n) is 3.90. The first-order valence-electron chi connectivity index (χ1n) is 9.10. The molecule has 0 aliphatic rings. The number of carbonyl (C=O) groups is 2. The first kappa shape index (κ1) is 20.5. The zero-order valence-corrected chi connectivity index (χ0v) is 16.4. The Morgan fingerprint density at radius 2 is 1.67 bits per heavy atom. The molecule has 27 heavy (non-hydrogen) atoms. The number of carbonyl (C=O) groups excluding carboxylic acids is 2. The van der Waals surface area contributed by atoms with Crippen LogP contribution in [0.3, 0.4) is 0 Å². The van der Waals surface area contributed by atoms with E-state index < -0.39 is 0 Å². The van der Waals surface area contributed by atoms with Gasteiger partial charge in [0.05, 0.1) is 12.2 Å². The fourth-order valence-electron chi connectivity index (χ4n) is 2.52. The maximum atomic E-state index is 12.2. The van der Waals surface area contributed by atoms with E-state index in [-0.39, 0.29) is 23.9 Å². The van der Waals surface area contributed by atoms with Gasteiger partial charge in [0, 0.05) is 5.69 Å². The largest absolute Gasteiger partial charge is 0.483 e. The summed E-state index contributed by atoms with van der Waals surface area (Å²) in [5, 5.41) is 2.76. The highest BCUT2D eigenvalue weighted by Gasteiger charge is 2.19. The second-order valence-corrected chi connectivity index (χ2v) is 7.30. The lowest BCUT2D eigenvalue weighted by atomic mass is 9.86. The van der Waals surface area contributed by atoms with Crippen molar-refractivity contribution in [2.45, 2.75) is 39.5 Å². The molecule has 0 heterocycles. The van der Waals surface area contributed by atoms with Crippen LogP contribution in [0.25, 0.3) is 0 Å². The number of para-hydroxylation sites is 1. The highest BCUT2D eigenvalue weighted by atomic mass is 16.5. The quantitative estimate of drug-likeness (QED) is 0.726.